The van der Waals surface area contributed by atoms with Crippen LogP contribution in [-0.4, -0.2) is 35.2 Å². The Hall–Kier alpha value is -2.31. The van der Waals surface area contributed by atoms with Crippen molar-refractivity contribution in [3.8, 4) is 11.3 Å². The van der Waals surface area contributed by atoms with Gasteiger partial charge >= 0.3 is 0 Å². The molecule has 0 saturated carbocycles. The van der Waals surface area contributed by atoms with Crippen LogP contribution in [0, 0.1) is 5.82 Å². The maximum Gasteiger partial charge on any atom is 0.237 e. The smallest absolute Gasteiger partial charge is 0.237 e. The van der Waals surface area contributed by atoms with Crippen molar-refractivity contribution in [1.29, 1.82) is 0 Å². The SMILES string of the molecule is O=C(NC(CO)c1ccc(-c2ncccc2F)cc1)C1CCCN1. The third-order valence-corrected chi connectivity index (χ3v) is 4.22. The molecule has 0 bridgehead atoms. The number of hydrogen-bond acceptors (Lipinski definition) is 4. The summed E-state index contributed by atoms with van der Waals surface area (Å²) in [7, 11) is 0. The van der Waals surface area contributed by atoms with E-state index in [9.17, 15) is 14.3 Å². The molecule has 3 rings (SSSR count). The number of pyridine rings is 1. The third kappa shape index (κ3) is 3.60. The summed E-state index contributed by atoms with van der Waals surface area (Å²) in [6.07, 6.45) is 3.33. The standard InChI is InChI=1S/C18H20FN3O2/c19-14-3-1-10-21-17(14)13-7-5-12(6-8-13)16(11-23)22-18(24)15-4-2-9-20-15/h1,3,5-8,10,15-16,20,23H,2,4,9,11H2,(H,22,24). The average Bonchev–Trinajstić information content (AvgIpc) is 3.15. The van der Waals surface area contributed by atoms with E-state index in [0.717, 1.165) is 24.9 Å². The Bertz CT molecular complexity index is 700. The van der Waals surface area contributed by atoms with Crippen LogP contribution in [-0.2, 0) is 4.79 Å². The molecule has 5 nitrogen and oxygen atoms in total. The fraction of sp³-hybridized carbons (Fsp3) is 0.333. The fourth-order valence-corrected chi connectivity index (χ4v) is 2.89. The number of aliphatic hydroxyl groups is 1. The predicted molar refractivity (Wildman–Crippen MR) is 88.6 cm³/mol. The molecule has 1 aromatic heterocycles. The van der Waals surface area contributed by atoms with Gasteiger partial charge in [0.15, 0.2) is 0 Å². The van der Waals surface area contributed by atoms with E-state index in [1.807, 2.05) is 0 Å². The fourth-order valence-electron chi connectivity index (χ4n) is 2.89. The van der Waals surface area contributed by atoms with Crippen molar-refractivity contribution in [1.82, 2.24) is 15.6 Å². The summed E-state index contributed by atoms with van der Waals surface area (Å²) >= 11 is 0. The van der Waals surface area contributed by atoms with E-state index >= 15 is 0 Å². The van der Waals surface area contributed by atoms with Gasteiger partial charge in [0.05, 0.1) is 18.7 Å². The third-order valence-electron chi connectivity index (χ3n) is 4.22. The van der Waals surface area contributed by atoms with Gasteiger partial charge in [-0.2, -0.15) is 0 Å². The first-order valence-electron chi connectivity index (χ1n) is 8.04. The van der Waals surface area contributed by atoms with E-state index in [-0.39, 0.29) is 30.1 Å². The molecular formula is C18H20FN3O2. The van der Waals surface area contributed by atoms with Crippen molar-refractivity contribution >= 4 is 5.91 Å². The van der Waals surface area contributed by atoms with Gasteiger partial charge in [0.2, 0.25) is 5.91 Å². The molecule has 0 spiro atoms. The molecule has 0 radical (unpaired) electrons. The van der Waals surface area contributed by atoms with Gasteiger partial charge in [0.1, 0.15) is 11.5 Å². The zero-order valence-electron chi connectivity index (χ0n) is 13.2. The summed E-state index contributed by atoms with van der Waals surface area (Å²) in [5, 5.41) is 15.6. The van der Waals surface area contributed by atoms with Gasteiger partial charge in [0, 0.05) is 11.8 Å². The predicted octanol–water partition coefficient (Wildman–Crippen LogP) is 1.79. The summed E-state index contributed by atoms with van der Waals surface area (Å²) in [4.78, 5) is 16.2. The monoisotopic (exact) mass is 329 g/mol. The molecule has 2 aromatic rings. The summed E-state index contributed by atoms with van der Waals surface area (Å²) < 4.78 is 13.8. The van der Waals surface area contributed by atoms with Gasteiger partial charge in [0.25, 0.3) is 0 Å². The molecule has 3 N–H and O–H groups in total. The van der Waals surface area contributed by atoms with Crippen LogP contribution in [0.3, 0.4) is 0 Å². The van der Waals surface area contributed by atoms with Crippen molar-refractivity contribution in [2.24, 2.45) is 0 Å². The first-order valence-corrected chi connectivity index (χ1v) is 8.04. The Morgan fingerprint density at radius 3 is 2.79 bits per heavy atom. The van der Waals surface area contributed by atoms with Crippen LogP contribution in [0.25, 0.3) is 11.3 Å². The van der Waals surface area contributed by atoms with Crippen LogP contribution in [0.15, 0.2) is 42.6 Å². The lowest BCUT2D eigenvalue weighted by Crippen LogP contribution is -2.42. The maximum absolute atomic E-state index is 13.8. The number of hydrogen-bond donors (Lipinski definition) is 3. The number of carbonyl (C=O) groups is 1. The van der Waals surface area contributed by atoms with Crippen molar-refractivity contribution in [2.45, 2.75) is 24.9 Å². The Labute approximate surface area is 139 Å². The molecule has 0 aliphatic carbocycles. The summed E-state index contributed by atoms with van der Waals surface area (Å²) in [5.74, 6) is -0.490. The summed E-state index contributed by atoms with van der Waals surface area (Å²) in [5.41, 5.74) is 1.70. The molecule has 1 fully saturated rings. The molecule has 2 heterocycles. The highest BCUT2D eigenvalue weighted by atomic mass is 19.1. The number of nitrogens with one attached hydrogen (secondary N) is 2. The Kier molecular flexibility index (Phi) is 5.17. The van der Waals surface area contributed by atoms with E-state index in [4.69, 9.17) is 0 Å². The lowest BCUT2D eigenvalue weighted by atomic mass is 10.0. The van der Waals surface area contributed by atoms with Gasteiger partial charge in [-0.15, -0.1) is 0 Å². The van der Waals surface area contributed by atoms with Gasteiger partial charge in [-0.3, -0.25) is 9.78 Å². The average molecular weight is 329 g/mol. The number of benzene rings is 1. The van der Waals surface area contributed by atoms with Crippen molar-refractivity contribution in [2.75, 3.05) is 13.2 Å². The summed E-state index contributed by atoms with van der Waals surface area (Å²) in [6.45, 7) is 0.641. The van der Waals surface area contributed by atoms with Gasteiger partial charge in [-0.25, -0.2) is 4.39 Å². The molecule has 1 aromatic carbocycles. The van der Waals surface area contributed by atoms with E-state index in [1.165, 1.54) is 12.3 Å². The molecule has 6 heteroatoms. The van der Waals surface area contributed by atoms with Gasteiger partial charge in [-0.1, -0.05) is 24.3 Å². The highest BCUT2D eigenvalue weighted by molar-refractivity contribution is 5.82. The van der Waals surface area contributed by atoms with Crippen molar-refractivity contribution < 1.29 is 14.3 Å². The zero-order valence-corrected chi connectivity index (χ0v) is 13.2. The lowest BCUT2D eigenvalue weighted by molar-refractivity contribution is -0.123. The largest absolute Gasteiger partial charge is 0.394 e. The molecular weight excluding hydrogens is 309 g/mol. The first-order chi connectivity index (χ1) is 11.7. The molecule has 2 unspecified atom stereocenters. The van der Waals surface area contributed by atoms with Crippen LogP contribution in [0.5, 0.6) is 0 Å². The Morgan fingerprint density at radius 1 is 1.38 bits per heavy atom. The summed E-state index contributed by atoms with van der Waals surface area (Å²) in [6, 6.07) is 9.25. The number of nitrogens with zero attached hydrogens (tertiary/aromatic N) is 1. The molecule has 1 amide bonds. The number of halogens is 1. The van der Waals surface area contributed by atoms with Crippen LogP contribution < -0.4 is 10.6 Å². The minimum absolute atomic E-state index is 0.105. The highest BCUT2D eigenvalue weighted by Gasteiger charge is 2.24. The van der Waals surface area contributed by atoms with E-state index in [2.05, 4.69) is 15.6 Å². The van der Waals surface area contributed by atoms with E-state index in [1.54, 1.807) is 30.3 Å². The van der Waals surface area contributed by atoms with Crippen molar-refractivity contribution in [3.05, 3.63) is 54.0 Å². The molecule has 1 saturated heterocycles. The van der Waals surface area contributed by atoms with Crippen LogP contribution in [0.2, 0.25) is 0 Å². The second-order valence-corrected chi connectivity index (χ2v) is 5.85. The number of aromatic nitrogens is 1. The Morgan fingerprint density at radius 2 is 2.17 bits per heavy atom. The second kappa shape index (κ2) is 7.51. The maximum atomic E-state index is 13.8. The molecule has 1 aliphatic heterocycles. The van der Waals surface area contributed by atoms with Crippen molar-refractivity contribution in [3.63, 3.8) is 0 Å². The minimum atomic E-state index is -0.484. The van der Waals surface area contributed by atoms with Gasteiger partial charge in [-0.05, 0) is 37.1 Å². The van der Waals surface area contributed by atoms with Crippen LogP contribution in [0.4, 0.5) is 4.39 Å². The van der Waals surface area contributed by atoms with E-state index < -0.39 is 6.04 Å². The second-order valence-electron chi connectivity index (χ2n) is 5.85. The lowest BCUT2D eigenvalue weighted by Gasteiger charge is -2.19. The Balaban J connectivity index is 1.73. The molecule has 1 aliphatic rings. The highest BCUT2D eigenvalue weighted by Crippen LogP contribution is 2.22. The number of rotatable bonds is 5. The molecule has 24 heavy (non-hydrogen) atoms. The molecule has 2 atom stereocenters. The van der Waals surface area contributed by atoms with Gasteiger partial charge < -0.3 is 15.7 Å². The normalized spacial score (nSPS) is 18.3. The number of carbonyl (C=O) groups excluding carboxylic acids is 1. The van der Waals surface area contributed by atoms with E-state index in [0.29, 0.717) is 5.56 Å². The quantitative estimate of drug-likeness (QED) is 0.782. The molecule has 126 valence electrons. The zero-order chi connectivity index (χ0) is 16.9. The number of amides is 1. The number of aliphatic hydroxyl groups excluding tert-OH is 1. The minimum Gasteiger partial charge on any atom is -0.394 e. The topological polar surface area (TPSA) is 74.2 Å². The van der Waals surface area contributed by atoms with Crippen LogP contribution in [0.1, 0.15) is 24.4 Å². The van der Waals surface area contributed by atoms with Crippen LogP contribution >= 0.6 is 0 Å². The first kappa shape index (κ1) is 16.5.